The first-order valence-corrected chi connectivity index (χ1v) is 4.03. The third-order valence-corrected chi connectivity index (χ3v) is 1.49. The zero-order valence-corrected chi connectivity index (χ0v) is 7.17. The van der Waals surface area contributed by atoms with Gasteiger partial charge in [0, 0.05) is 24.5 Å². The van der Waals surface area contributed by atoms with Crippen molar-refractivity contribution in [3.8, 4) is 0 Å². The van der Waals surface area contributed by atoms with Crippen LogP contribution in [0.5, 0.6) is 0 Å². The summed E-state index contributed by atoms with van der Waals surface area (Å²) in [5, 5.41) is 3.23. The van der Waals surface area contributed by atoms with Crippen molar-refractivity contribution in [1.82, 2.24) is 4.98 Å². The van der Waals surface area contributed by atoms with Gasteiger partial charge in [0.2, 0.25) is 0 Å². The maximum Gasteiger partial charge on any atom is 0.141 e. The van der Waals surface area contributed by atoms with Crippen LogP contribution in [0.1, 0.15) is 13.3 Å². The predicted octanol–water partition coefficient (Wildman–Crippen LogP) is 1.19. The van der Waals surface area contributed by atoms with Crippen molar-refractivity contribution in [3.63, 3.8) is 0 Å². The number of nitrogen functional groups attached to an aromatic ring is 1. The minimum atomic E-state index is 0.677. The fourth-order valence-electron chi connectivity index (χ4n) is 0.889. The number of nitrogens with two attached hydrogens (primary N) is 1. The topological polar surface area (TPSA) is 63.0 Å². The number of hydrogen-bond donors (Lipinski definition) is 3. The van der Waals surface area contributed by atoms with Gasteiger partial charge in [-0.2, -0.15) is 0 Å². The van der Waals surface area contributed by atoms with Crippen molar-refractivity contribution >= 4 is 11.5 Å². The number of aromatic nitrogens is 1. The van der Waals surface area contributed by atoms with Gasteiger partial charge < -0.3 is 10.7 Å². The second-order valence-corrected chi connectivity index (χ2v) is 2.50. The van der Waals surface area contributed by atoms with Crippen LogP contribution in [0.3, 0.4) is 0 Å². The van der Waals surface area contributed by atoms with E-state index in [9.17, 15) is 0 Å². The number of pyridine rings is 1. The number of nitrogens with zero attached hydrogens (tertiary/aromatic N) is 1. The minimum Gasteiger partial charge on any atom is -0.385 e. The van der Waals surface area contributed by atoms with E-state index in [-0.39, 0.29) is 0 Å². The minimum absolute atomic E-state index is 0.677. The van der Waals surface area contributed by atoms with Crippen LogP contribution in [0.15, 0.2) is 18.3 Å². The van der Waals surface area contributed by atoms with Gasteiger partial charge in [-0.3, -0.25) is 0 Å². The molecule has 0 aliphatic carbocycles. The summed E-state index contributed by atoms with van der Waals surface area (Å²) in [7, 11) is 0. The second kappa shape index (κ2) is 4.56. The summed E-state index contributed by atoms with van der Waals surface area (Å²) >= 11 is 0. The lowest BCUT2D eigenvalue weighted by Crippen LogP contribution is -2.09. The Balaban J connectivity index is 2.60. The Kier molecular flexibility index (Phi) is 3.35. The Hall–Kier alpha value is -1.29. The quantitative estimate of drug-likeness (QED) is 0.464. The smallest absolute Gasteiger partial charge is 0.141 e. The molecule has 0 radical (unpaired) electrons. The monoisotopic (exact) mass is 166 g/mol. The molecule has 0 saturated heterocycles. The molecule has 0 spiro atoms. The van der Waals surface area contributed by atoms with Crippen LogP contribution in [-0.2, 0) is 0 Å². The molecule has 4 heteroatoms. The molecule has 12 heavy (non-hydrogen) atoms. The highest BCUT2D eigenvalue weighted by Crippen LogP contribution is 2.10. The fraction of sp³-hybridized carbons (Fsp3) is 0.375. The molecular formula is C8H14N4. The number of nitrogens with one attached hydrogen (secondary N) is 2. The maximum absolute atomic E-state index is 5.21. The van der Waals surface area contributed by atoms with Crippen molar-refractivity contribution in [2.45, 2.75) is 13.3 Å². The van der Waals surface area contributed by atoms with Crippen LogP contribution < -0.4 is 16.6 Å². The van der Waals surface area contributed by atoms with Crippen molar-refractivity contribution in [3.05, 3.63) is 18.3 Å². The molecular weight excluding hydrogens is 152 g/mol. The van der Waals surface area contributed by atoms with Gasteiger partial charge in [-0.1, -0.05) is 6.92 Å². The van der Waals surface area contributed by atoms with Gasteiger partial charge in [-0.25, -0.2) is 10.8 Å². The lowest BCUT2D eigenvalue weighted by atomic mass is 10.3. The largest absolute Gasteiger partial charge is 0.385 e. The average molecular weight is 166 g/mol. The highest BCUT2D eigenvalue weighted by molar-refractivity contribution is 5.51. The van der Waals surface area contributed by atoms with E-state index < -0.39 is 0 Å². The van der Waals surface area contributed by atoms with Crippen LogP contribution in [0, 0.1) is 0 Å². The Bertz CT molecular complexity index is 236. The van der Waals surface area contributed by atoms with Gasteiger partial charge in [-0.05, 0) is 12.5 Å². The molecule has 0 aliphatic heterocycles. The normalized spacial score (nSPS) is 9.50. The molecule has 0 atom stereocenters. The van der Waals surface area contributed by atoms with E-state index in [1.807, 2.05) is 12.1 Å². The molecule has 1 rings (SSSR count). The first-order valence-electron chi connectivity index (χ1n) is 4.03. The van der Waals surface area contributed by atoms with E-state index in [0.717, 1.165) is 18.7 Å². The summed E-state index contributed by atoms with van der Waals surface area (Å²) in [6, 6.07) is 3.78. The Labute approximate surface area is 72.2 Å². The molecule has 4 nitrogen and oxygen atoms in total. The van der Waals surface area contributed by atoms with Gasteiger partial charge in [0.15, 0.2) is 0 Å². The highest BCUT2D eigenvalue weighted by Gasteiger charge is 1.92. The van der Waals surface area contributed by atoms with Gasteiger partial charge in [0.05, 0.1) is 0 Å². The van der Waals surface area contributed by atoms with Crippen LogP contribution in [0.25, 0.3) is 0 Å². The van der Waals surface area contributed by atoms with Crippen LogP contribution >= 0.6 is 0 Å². The zero-order valence-electron chi connectivity index (χ0n) is 7.17. The van der Waals surface area contributed by atoms with Crippen molar-refractivity contribution in [2.75, 3.05) is 17.3 Å². The van der Waals surface area contributed by atoms with E-state index in [1.54, 1.807) is 6.20 Å². The summed E-state index contributed by atoms with van der Waals surface area (Å²) < 4.78 is 0. The fourth-order valence-corrected chi connectivity index (χ4v) is 0.889. The number of rotatable bonds is 4. The summed E-state index contributed by atoms with van der Waals surface area (Å²) in [4.78, 5) is 3.99. The summed E-state index contributed by atoms with van der Waals surface area (Å²) in [5.41, 5.74) is 3.53. The summed E-state index contributed by atoms with van der Waals surface area (Å²) in [5.74, 6) is 5.88. The molecule has 0 unspecified atom stereocenters. The lowest BCUT2D eigenvalue weighted by molar-refractivity contribution is 0.978. The average Bonchev–Trinajstić information content (AvgIpc) is 2.15. The molecule has 0 amide bonds. The lowest BCUT2D eigenvalue weighted by Gasteiger charge is -2.05. The van der Waals surface area contributed by atoms with E-state index in [0.29, 0.717) is 5.82 Å². The first-order chi connectivity index (χ1) is 5.86. The Morgan fingerprint density at radius 1 is 1.58 bits per heavy atom. The molecule has 66 valence electrons. The van der Waals surface area contributed by atoms with E-state index in [1.165, 1.54) is 0 Å². The molecule has 1 aromatic rings. The molecule has 4 N–H and O–H groups in total. The van der Waals surface area contributed by atoms with E-state index >= 15 is 0 Å². The summed E-state index contributed by atoms with van der Waals surface area (Å²) in [6.07, 6.45) is 2.82. The Morgan fingerprint density at radius 3 is 3.08 bits per heavy atom. The molecule has 0 bridgehead atoms. The molecule has 0 aliphatic rings. The third kappa shape index (κ3) is 2.39. The van der Waals surface area contributed by atoms with Crippen LogP contribution in [-0.4, -0.2) is 11.5 Å². The van der Waals surface area contributed by atoms with Gasteiger partial charge >= 0.3 is 0 Å². The number of anilines is 2. The molecule has 0 saturated carbocycles. The number of hydrazine groups is 1. The van der Waals surface area contributed by atoms with E-state index in [2.05, 4.69) is 22.7 Å². The van der Waals surface area contributed by atoms with Crippen LogP contribution in [0.4, 0.5) is 11.5 Å². The summed E-state index contributed by atoms with van der Waals surface area (Å²) in [6.45, 7) is 3.09. The van der Waals surface area contributed by atoms with Crippen molar-refractivity contribution in [2.24, 2.45) is 5.84 Å². The molecule has 0 fully saturated rings. The van der Waals surface area contributed by atoms with E-state index in [4.69, 9.17) is 5.84 Å². The molecule has 0 aromatic carbocycles. The zero-order chi connectivity index (χ0) is 8.81. The highest BCUT2D eigenvalue weighted by atomic mass is 15.2. The van der Waals surface area contributed by atoms with Gasteiger partial charge in [0.25, 0.3) is 0 Å². The van der Waals surface area contributed by atoms with Gasteiger partial charge in [-0.15, -0.1) is 0 Å². The number of hydrogen-bond acceptors (Lipinski definition) is 4. The third-order valence-electron chi connectivity index (χ3n) is 1.49. The molecule has 1 heterocycles. The first kappa shape index (κ1) is 8.80. The van der Waals surface area contributed by atoms with Crippen molar-refractivity contribution < 1.29 is 0 Å². The predicted molar refractivity (Wildman–Crippen MR) is 50.8 cm³/mol. The maximum atomic E-state index is 5.21. The van der Waals surface area contributed by atoms with Gasteiger partial charge in [0.1, 0.15) is 5.82 Å². The Morgan fingerprint density at radius 2 is 2.42 bits per heavy atom. The molecule has 1 aromatic heterocycles. The standard InChI is InChI=1S/C8H14N4/c1-2-4-10-7-3-5-11-8(6-7)12-9/h3,5-6H,2,4,9H2,1H3,(H2,10,11,12). The van der Waals surface area contributed by atoms with Crippen molar-refractivity contribution in [1.29, 1.82) is 0 Å². The van der Waals surface area contributed by atoms with Crippen LogP contribution in [0.2, 0.25) is 0 Å². The SMILES string of the molecule is CCCNc1ccnc(NN)c1. The second-order valence-electron chi connectivity index (χ2n) is 2.50.